The monoisotopic (exact) mass is 275 g/mol. The van der Waals surface area contributed by atoms with Gasteiger partial charge in [0.15, 0.2) is 0 Å². The first-order valence-corrected chi connectivity index (χ1v) is 6.99. The fraction of sp³-hybridized carbons (Fsp3) is 0.267. The molecule has 19 heavy (non-hydrogen) atoms. The van der Waals surface area contributed by atoms with Gasteiger partial charge in [0.1, 0.15) is 0 Å². The van der Waals surface area contributed by atoms with Gasteiger partial charge in [-0.25, -0.2) is 4.79 Å². The average Bonchev–Trinajstić information content (AvgIpc) is 2.90. The van der Waals surface area contributed by atoms with Gasteiger partial charge in [-0.2, -0.15) is 0 Å². The van der Waals surface area contributed by atoms with Crippen molar-refractivity contribution in [2.75, 3.05) is 11.9 Å². The van der Waals surface area contributed by atoms with Crippen molar-refractivity contribution in [3.05, 3.63) is 51.7 Å². The van der Waals surface area contributed by atoms with E-state index in [2.05, 4.69) is 13.0 Å². The molecule has 0 saturated carbocycles. The zero-order valence-corrected chi connectivity index (χ0v) is 12.1. The van der Waals surface area contributed by atoms with Crippen LogP contribution in [-0.2, 0) is 0 Å². The van der Waals surface area contributed by atoms with Crippen LogP contribution >= 0.6 is 11.3 Å². The number of benzene rings is 1. The Bertz CT molecular complexity index is 578. The second kappa shape index (κ2) is 5.45. The highest BCUT2D eigenvalue weighted by Crippen LogP contribution is 2.32. The van der Waals surface area contributed by atoms with Gasteiger partial charge in [0.2, 0.25) is 0 Å². The number of carboxylic acid groups (broad SMARTS) is 1. The van der Waals surface area contributed by atoms with Crippen molar-refractivity contribution < 1.29 is 9.90 Å². The highest BCUT2D eigenvalue weighted by molar-refractivity contribution is 7.10. The second-order valence-corrected chi connectivity index (χ2v) is 5.56. The molecule has 0 radical (unpaired) electrons. The van der Waals surface area contributed by atoms with Crippen LogP contribution in [0.25, 0.3) is 0 Å². The number of para-hydroxylation sites is 1. The summed E-state index contributed by atoms with van der Waals surface area (Å²) in [6, 6.07) is 9.62. The van der Waals surface area contributed by atoms with Gasteiger partial charge in [0.05, 0.1) is 17.3 Å². The molecule has 0 saturated heterocycles. The van der Waals surface area contributed by atoms with E-state index in [9.17, 15) is 9.90 Å². The third kappa shape index (κ3) is 2.63. The van der Waals surface area contributed by atoms with Crippen molar-refractivity contribution in [2.45, 2.75) is 19.9 Å². The molecule has 0 aliphatic heterocycles. The molecule has 2 aromatic rings. The molecule has 0 amide bonds. The molecular weight excluding hydrogens is 258 g/mol. The Hall–Kier alpha value is -1.81. The van der Waals surface area contributed by atoms with Gasteiger partial charge >= 0.3 is 5.97 Å². The number of aryl methyl sites for hydroxylation is 1. The minimum absolute atomic E-state index is 0.152. The van der Waals surface area contributed by atoms with E-state index in [0.29, 0.717) is 5.56 Å². The molecule has 2 rings (SSSR count). The number of rotatable bonds is 4. The molecule has 1 heterocycles. The van der Waals surface area contributed by atoms with Crippen LogP contribution in [0.4, 0.5) is 5.69 Å². The summed E-state index contributed by atoms with van der Waals surface area (Å²) < 4.78 is 0. The predicted octanol–water partition coefficient (Wildman–Crippen LogP) is 3.95. The quantitative estimate of drug-likeness (QED) is 0.918. The van der Waals surface area contributed by atoms with Crippen molar-refractivity contribution in [1.82, 2.24) is 0 Å². The lowest BCUT2D eigenvalue weighted by Gasteiger charge is -2.29. The molecule has 0 aliphatic carbocycles. The Kier molecular flexibility index (Phi) is 3.90. The number of hydrogen-bond acceptors (Lipinski definition) is 3. The van der Waals surface area contributed by atoms with Gasteiger partial charge in [-0.05, 0) is 36.9 Å². The van der Waals surface area contributed by atoms with E-state index >= 15 is 0 Å². The van der Waals surface area contributed by atoms with E-state index in [1.807, 2.05) is 36.4 Å². The fourth-order valence-corrected chi connectivity index (χ4v) is 3.04. The number of hydrogen-bond donors (Lipinski definition) is 1. The van der Waals surface area contributed by atoms with E-state index < -0.39 is 5.97 Å². The normalized spacial score (nSPS) is 12.2. The molecule has 1 aromatic heterocycles. The summed E-state index contributed by atoms with van der Waals surface area (Å²) >= 11 is 1.69. The average molecular weight is 275 g/mol. The van der Waals surface area contributed by atoms with E-state index in [-0.39, 0.29) is 6.04 Å². The second-order valence-electron chi connectivity index (χ2n) is 4.58. The van der Waals surface area contributed by atoms with Gasteiger partial charge in [0, 0.05) is 11.9 Å². The molecule has 1 N–H and O–H groups in total. The SMILES string of the molecule is Cc1cccc(C(=O)O)c1N(C)C(C)c1cccs1. The molecular formula is C15H17NO2S. The summed E-state index contributed by atoms with van der Waals surface area (Å²) in [5.74, 6) is -0.885. The van der Waals surface area contributed by atoms with Crippen LogP contribution in [-0.4, -0.2) is 18.1 Å². The molecule has 100 valence electrons. The maximum absolute atomic E-state index is 11.4. The lowest BCUT2D eigenvalue weighted by molar-refractivity contribution is 0.0697. The Morgan fingerprint density at radius 2 is 2.05 bits per heavy atom. The topological polar surface area (TPSA) is 40.5 Å². The summed E-state index contributed by atoms with van der Waals surface area (Å²) in [7, 11) is 1.94. The lowest BCUT2D eigenvalue weighted by atomic mass is 10.1. The van der Waals surface area contributed by atoms with Crippen molar-refractivity contribution in [3.8, 4) is 0 Å². The van der Waals surface area contributed by atoms with E-state index in [0.717, 1.165) is 11.3 Å². The number of anilines is 1. The van der Waals surface area contributed by atoms with Crippen LogP contribution < -0.4 is 4.90 Å². The molecule has 1 aromatic carbocycles. The smallest absolute Gasteiger partial charge is 0.337 e. The molecule has 3 nitrogen and oxygen atoms in total. The van der Waals surface area contributed by atoms with Gasteiger partial charge in [-0.15, -0.1) is 11.3 Å². The zero-order valence-electron chi connectivity index (χ0n) is 11.3. The highest BCUT2D eigenvalue weighted by atomic mass is 32.1. The van der Waals surface area contributed by atoms with Gasteiger partial charge in [0.25, 0.3) is 0 Å². The summed E-state index contributed by atoms with van der Waals surface area (Å²) in [5, 5.41) is 11.4. The van der Waals surface area contributed by atoms with Crippen LogP contribution in [0, 0.1) is 6.92 Å². The summed E-state index contributed by atoms with van der Waals surface area (Å²) in [6.07, 6.45) is 0. The lowest BCUT2D eigenvalue weighted by Crippen LogP contribution is -2.24. The van der Waals surface area contributed by atoms with E-state index in [1.165, 1.54) is 4.88 Å². The van der Waals surface area contributed by atoms with Crippen LogP contribution in [0.2, 0.25) is 0 Å². The maximum atomic E-state index is 11.4. The first kappa shape index (κ1) is 13.6. The summed E-state index contributed by atoms with van der Waals surface area (Å²) in [5.41, 5.74) is 2.12. The third-order valence-corrected chi connectivity index (χ3v) is 4.40. The standard InChI is InChI=1S/C15H17NO2S/c1-10-6-4-7-12(15(17)18)14(10)16(3)11(2)13-8-5-9-19-13/h4-9,11H,1-3H3,(H,17,18). The Morgan fingerprint density at radius 3 is 2.63 bits per heavy atom. The van der Waals surface area contributed by atoms with Crippen LogP contribution in [0.3, 0.4) is 0 Å². The number of thiophene rings is 1. The molecule has 0 bridgehead atoms. The largest absolute Gasteiger partial charge is 0.478 e. The van der Waals surface area contributed by atoms with Gasteiger partial charge in [-0.3, -0.25) is 0 Å². The zero-order chi connectivity index (χ0) is 14.0. The minimum Gasteiger partial charge on any atom is -0.478 e. The molecule has 4 heteroatoms. The Morgan fingerprint density at radius 1 is 1.32 bits per heavy atom. The number of carbonyl (C=O) groups is 1. The Balaban J connectivity index is 2.44. The molecule has 0 aliphatic rings. The van der Waals surface area contributed by atoms with E-state index in [1.54, 1.807) is 23.5 Å². The number of carboxylic acids is 1. The van der Waals surface area contributed by atoms with Gasteiger partial charge < -0.3 is 10.0 Å². The van der Waals surface area contributed by atoms with Crippen LogP contribution in [0.1, 0.15) is 33.8 Å². The highest BCUT2D eigenvalue weighted by Gasteiger charge is 2.20. The first-order chi connectivity index (χ1) is 9.02. The molecule has 0 fully saturated rings. The van der Waals surface area contributed by atoms with Crippen molar-refractivity contribution >= 4 is 23.0 Å². The summed E-state index contributed by atoms with van der Waals surface area (Å²) in [6.45, 7) is 4.03. The van der Waals surface area contributed by atoms with Crippen LogP contribution in [0.5, 0.6) is 0 Å². The molecule has 0 spiro atoms. The van der Waals surface area contributed by atoms with Crippen molar-refractivity contribution in [2.24, 2.45) is 0 Å². The van der Waals surface area contributed by atoms with E-state index in [4.69, 9.17) is 0 Å². The molecule has 1 atom stereocenters. The molecule has 1 unspecified atom stereocenters. The minimum atomic E-state index is -0.885. The number of nitrogens with zero attached hydrogens (tertiary/aromatic N) is 1. The Labute approximate surface area is 117 Å². The van der Waals surface area contributed by atoms with Gasteiger partial charge in [-0.1, -0.05) is 18.2 Å². The first-order valence-electron chi connectivity index (χ1n) is 6.11. The van der Waals surface area contributed by atoms with Crippen molar-refractivity contribution in [3.63, 3.8) is 0 Å². The third-order valence-electron chi connectivity index (χ3n) is 3.36. The maximum Gasteiger partial charge on any atom is 0.337 e. The van der Waals surface area contributed by atoms with Crippen LogP contribution in [0.15, 0.2) is 35.7 Å². The fourth-order valence-electron chi connectivity index (χ4n) is 2.21. The number of aromatic carboxylic acids is 1. The summed E-state index contributed by atoms with van der Waals surface area (Å²) in [4.78, 5) is 14.6. The van der Waals surface area contributed by atoms with Crippen molar-refractivity contribution in [1.29, 1.82) is 0 Å². The predicted molar refractivity (Wildman–Crippen MR) is 79.3 cm³/mol.